The Balaban J connectivity index is 1.91. The lowest BCUT2D eigenvalue weighted by atomic mass is 9.96. The van der Waals surface area contributed by atoms with E-state index in [9.17, 15) is 18.0 Å². The maximum Gasteiger partial charge on any atom is 0.306 e. The third-order valence-electron chi connectivity index (χ3n) is 5.00. The van der Waals surface area contributed by atoms with Gasteiger partial charge in [-0.15, -0.1) is 0 Å². The lowest BCUT2D eigenvalue weighted by molar-refractivity contribution is -0.147. The van der Waals surface area contributed by atoms with E-state index in [4.69, 9.17) is 4.74 Å². The summed E-state index contributed by atoms with van der Waals surface area (Å²) in [6.07, 6.45) is 6.95. The Kier molecular flexibility index (Phi) is 8.44. The van der Waals surface area contributed by atoms with Crippen molar-refractivity contribution >= 4 is 27.6 Å². The van der Waals surface area contributed by atoms with Gasteiger partial charge in [-0.2, -0.15) is 4.31 Å². The summed E-state index contributed by atoms with van der Waals surface area (Å²) in [7, 11) is -1.93. The van der Waals surface area contributed by atoms with E-state index in [0.717, 1.165) is 44.9 Å². The van der Waals surface area contributed by atoms with Crippen molar-refractivity contribution < 1.29 is 22.7 Å². The molecule has 0 unspecified atom stereocenters. The van der Waals surface area contributed by atoms with Crippen LogP contribution in [-0.4, -0.2) is 44.3 Å². The number of carbonyl (C=O) groups excluding carboxylic acids is 2. The SMILES string of the molecule is CCCCC(=O)OCC(=O)Nc1ccc(S(=O)(=O)N(C)C2CCCCC2)cc1. The van der Waals surface area contributed by atoms with Crippen LogP contribution in [-0.2, 0) is 24.3 Å². The summed E-state index contributed by atoms with van der Waals surface area (Å²) in [6, 6.07) is 6.09. The topological polar surface area (TPSA) is 92.8 Å². The van der Waals surface area contributed by atoms with Gasteiger partial charge in [-0.3, -0.25) is 9.59 Å². The van der Waals surface area contributed by atoms with Crippen molar-refractivity contribution in [2.75, 3.05) is 19.0 Å². The smallest absolute Gasteiger partial charge is 0.306 e. The van der Waals surface area contributed by atoms with Crippen LogP contribution in [0.25, 0.3) is 0 Å². The highest BCUT2D eigenvalue weighted by atomic mass is 32.2. The number of ether oxygens (including phenoxy) is 1. The molecule has 8 heteroatoms. The Morgan fingerprint density at radius 3 is 2.39 bits per heavy atom. The summed E-state index contributed by atoms with van der Waals surface area (Å²) in [5.41, 5.74) is 0.453. The van der Waals surface area contributed by atoms with E-state index < -0.39 is 21.9 Å². The Labute approximate surface area is 167 Å². The standard InChI is InChI=1S/C20H30N2O5S/c1-3-4-10-20(24)27-15-19(23)21-16-11-13-18(14-12-16)28(25,26)22(2)17-8-6-5-7-9-17/h11-14,17H,3-10,15H2,1-2H3,(H,21,23). The Bertz CT molecular complexity index is 755. The summed E-state index contributed by atoms with van der Waals surface area (Å²) >= 11 is 0. The maximum absolute atomic E-state index is 12.8. The number of hydrogen-bond acceptors (Lipinski definition) is 5. The van der Waals surface area contributed by atoms with Crippen molar-refractivity contribution in [3.63, 3.8) is 0 Å². The molecule has 7 nitrogen and oxygen atoms in total. The van der Waals surface area contributed by atoms with Gasteiger partial charge in [0, 0.05) is 25.2 Å². The fourth-order valence-corrected chi connectivity index (χ4v) is 4.67. The van der Waals surface area contributed by atoms with Gasteiger partial charge in [0.25, 0.3) is 5.91 Å². The van der Waals surface area contributed by atoms with Gasteiger partial charge < -0.3 is 10.1 Å². The van der Waals surface area contributed by atoms with Gasteiger partial charge in [0.15, 0.2) is 6.61 Å². The number of esters is 1. The van der Waals surface area contributed by atoms with E-state index in [1.807, 2.05) is 6.92 Å². The molecular weight excluding hydrogens is 380 g/mol. The molecule has 0 spiro atoms. The van der Waals surface area contributed by atoms with E-state index in [1.54, 1.807) is 19.2 Å². The maximum atomic E-state index is 12.8. The predicted octanol–water partition coefficient (Wildman–Crippen LogP) is 3.31. The van der Waals surface area contributed by atoms with Gasteiger partial charge in [0.05, 0.1) is 4.90 Å². The molecule has 0 atom stereocenters. The summed E-state index contributed by atoms with van der Waals surface area (Å²) < 4.78 is 32.0. The van der Waals surface area contributed by atoms with E-state index in [1.165, 1.54) is 16.4 Å². The average molecular weight is 411 g/mol. The van der Waals surface area contributed by atoms with Crippen LogP contribution in [0.2, 0.25) is 0 Å². The van der Waals surface area contributed by atoms with Gasteiger partial charge in [-0.1, -0.05) is 32.6 Å². The quantitative estimate of drug-likeness (QED) is 0.631. The highest BCUT2D eigenvalue weighted by molar-refractivity contribution is 7.89. The molecule has 1 aliphatic carbocycles. The highest BCUT2D eigenvalue weighted by Gasteiger charge is 2.28. The molecule has 0 aliphatic heterocycles. The number of amides is 1. The van der Waals surface area contributed by atoms with Crippen molar-refractivity contribution in [3.8, 4) is 0 Å². The van der Waals surface area contributed by atoms with Gasteiger partial charge in [0.2, 0.25) is 10.0 Å². The summed E-state index contributed by atoms with van der Waals surface area (Å²) in [5, 5.41) is 2.60. The van der Waals surface area contributed by atoms with Crippen LogP contribution in [0.1, 0.15) is 58.3 Å². The second kappa shape index (κ2) is 10.6. The fourth-order valence-electron chi connectivity index (χ4n) is 3.25. The Morgan fingerprint density at radius 1 is 1.14 bits per heavy atom. The first-order valence-corrected chi connectivity index (χ1v) is 11.3. The molecule has 28 heavy (non-hydrogen) atoms. The van der Waals surface area contributed by atoms with Gasteiger partial charge >= 0.3 is 5.97 Å². The second-order valence-corrected chi connectivity index (χ2v) is 9.15. The van der Waals surface area contributed by atoms with E-state index >= 15 is 0 Å². The van der Waals surface area contributed by atoms with Crippen LogP contribution in [0, 0.1) is 0 Å². The third kappa shape index (κ3) is 6.31. The number of unbranched alkanes of at least 4 members (excludes halogenated alkanes) is 1. The number of benzene rings is 1. The summed E-state index contributed by atoms with van der Waals surface area (Å²) in [5.74, 6) is -0.857. The first-order valence-electron chi connectivity index (χ1n) is 9.88. The summed E-state index contributed by atoms with van der Waals surface area (Å²) in [4.78, 5) is 23.5. The molecule has 0 aromatic heterocycles. The highest BCUT2D eigenvalue weighted by Crippen LogP contribution is 2.26. The van der Waals surface area contributed by atoms with E-state index in [-0.39, 0.29) is 17.5 Å². The minimum Gasteiger partial charge on any atom is -0.456 e. The molecule has 0 heterocycles. The van der Waals surface area contributed by atoms with Crippen molar-refractivity contribution in [2.45, 2.75) is 69.2 Å². The number of rotatable bonds is 9. The first-order chi connectivity index (χ1) is 13.3. The minimum absolute atomic E-state index is 0.0422. The molecule has 1 N–H and O–H groups in total. The number of nitrogens with one attached hydrogen (secondary N) is 1. The molecular formula is C20H30N2O5S. The number of nitrogens with zero attached hydrogens (tertiary/aromatic N) is 1. The zero-order chi connectivity index (χ0) is 20.6. The molecule has 1 aromatic carbocycles. The van der Waals surface area contributed by atoms with Gasteiger partial charge in [0.1, 0.15) is 0 Å². The Morgan fingerprint density at radius 2 is 1.79 bits per heavy atom. The van der Waals surface area contributed by atoms with Crippen LogP contribution in [0.3, 0.4) is 0 Å². The van der Waals surface area contributed by atoms with Crippen molar-refractivity contribution in [1.29, 1.82) is 0 Å². The molecule has 1 fully saturated rings. The van der Waals surface area contributed by atoms with Gasteiger partial charge in [-0.25, -0.2) is 8.42 Å². The predicted molar refractivity (Wildman–Crippen MR) is 107 cm³/mol. The molecule has 1 saturated carbocycles. The minimum atomic E-state index is -3.56. The molecule has 0 bridgehead atoms. The largest absolute Gasteiger partial charge is 0.456 e. The first kappa shape index (κ1) is 22.4. The number of anilines is 1. The lowest BCUT2D eigenvalue weighted by Gasteiger charge is -2.30. The molecule has 0 radical (unpaired) electrons. The molecule has 1 aromatic rings. The van der Waals surface area contributed by atoms with E-state index in [0.29, 0.717) is 12.1 Å². The molecule has 1 amide bonds. The van der Waals surface area contributed by atoms with Crippen LogP contribution in [0.15, 0.2) is 29.2 Å². The van der Waals surface area contributed by atoms with Crippen LogP contribution in [0.4, 0.5) is 5.69 Å². The van der Waals surface area contributed by atoms with Crippen molar-refractivity contribution in [2.24, 2.45) is 0 Å². The lowest BCUT2D eigenvalue weighted by Crippen LogP contribution is -2.38. The average Bonchev–Trinajstić information content (AvgIpc) is 2.71. The van der Waals surface area contributed by atoms with Crippen molar-refractivity contribution in [3.05, 3.63) is 24.3 Å². The fraction of sp³-hybridized carbons (Fsp3) is 0.600. The second-order valence-electron chi connectivity index (χ2n) is 7.15. The molecule has 2 rings (SSSR count). The number of carbonyl (C=O) groups is 2. The van der Waals surface area contributed by atoms with Crippen LogP contribution < -0.4 is 5.32 Å². The zero-order valence-electron chi connectivity index (χ0n) is 16.6. The normalized spacial score (nSPS) is 15.4. The Hall–Kier alpha value is -1.93. The third-order valence-corrected chi connectivity index (χ3v) is 6.93. The van der Waals surface area contributed by atoms with Crippen LogP contribution in [0.5, 0.6) is 0 Å². The monoisotopic (exact) mass is 410 g/mol. The van der Waals surface area contributed by atoms with E-state index in [2.05, 4.69) is 5.32 Å². The van der Waals surface area contributed by atoms with Gasteiger partial charge in [-0.05, 0) is 43.5 Å². The van der Waals surface area contributed by atoms with Crippen molar-refractivity contribution in [1.82, 2.24) is 4.31 Å². The molecule has 1 aliphatic rings. The summed E-state index contributed by atoms with van der Waals surface area (Å²) in [6.45, 7) is 1.61. The molecule has 156 valence electrons. The number of sulfonamides is 1. The zero-order valence-corrected chi connectivity index (χ0v) is 17.5. The molecule has 0 saturated heterocycles. The number of hydrogen-bond donors (Lipinski definition) is 1. The van der Waals surface area contributed by atoms with Crippen LogP contribution >= 0.6 is 0 Å².